The highest BCUT2D eigenvalue weighted by atomic mass is 19.4. The number of hydrogen-bond acceptors (Lipinski definition) is 3. The summed E-state index contributed by atoms with van der Waals surface area (Å²) in [7, 11) is 1.56. The lowest BCUT2D eigenvalue weighted by Gasteiger charge is -2.31. The Labute approximate surface area is 116 Å². The van der Waals surface area contributed by atoms with E-state index in [4.69, 9.17) is 4.74 Å². The number of nitrogens with one attached hydrogen (secondary N) is 1. The van der Waals surface area contributed by atoms with Crippen LogP contribution in [-0.4, -0.2) is 37.5 Å². The third-order valence-corrected chi connectivity index (χ3v) is 3.49. The molecule has 0 unspecified atom stereocenters. The van der Waals surface area contributed by atoms with E-state index in [1.807, 2.05) is 0 Å². The zero-order chi connectivity index (χ0) is 14.6. The van der Waals surface area contributed by atoms with Crippen molar-refractivity contribution >= 4 is 0 Å². The van der Waals surface area contributed by atoms with Gasteiger partial charge in [0.15, 0.2) is 0 Å². The van der Waals surface area contributed by atoms with Crippen molar-refractivity contribution in [3.63, 3.8) is 0 Å². The summed E-state index contributed by atoms with van der Waals surface area (Å²) >= 11 is 0. The van der Waals surface area contributed by atoms with E-state index in [9.17, 15) is 13.2 Å². The van der Waals surface area contributed by atoms with E-state index in [-0.39, 0.29) is 11.6 Å². The Balaban J connectivity index is 2.13. The van der Waals surface area contributed by atoms with Crippen LogP contribution in [0, 0.1) is 0 Å². The van der Waals surface area contributed by atoms with Crippen molar-refractivity contribution in [2.45, 2.75) is 31.1 Å². The highest BCUT2D eigenvalue weighted by molar-refractivity contribution is 5.20. The number of halogens is 3. The van der Waals surface area contributed by atoms with Crippen molar-refractivity contribution in [2.75, 3.05) is 20.3 Å². The summed E-state index contributed by atoms with van der Waals surface area (Å²) < 4.78 is 44.8. The van der Waals surface area contributed by atoms with Crippen molar-refractivity contribution in [3.05, 3.63) is 35.9 Å². The number of nitrogens with zero attached hydrogens (tertiary/aromatic N) is 1. The van der Waals surface area contributed by atoms with Gasteiger partial charge in [-0.25, -0.2) is 10.4 Å². The van der Waals surface area contributed by atoms with Crippen molar-refractivity contribution in [1.29, 1.82) is 0 Å². The Bertz CT molecular complexity index is 411. The molecule has 0 saturated carbocycles. The molecule has 2 rings (SSSR count). The Kier molecular flexibility index (Phi) is 5.01. The lowest BCUT2D eigenvalue weighted by molar-refractivity contribution is -0.172. The third kappa shape index (κ3) is 3.71. The van der Waals surface area contributed by atoms with Crippen LogP contribution in [-0.2, 0) is 4.74 Å². The predicted octanol–water partition coefficient (Wildman–Crippen LogP) is 2.91. The molecule has 1 heterocycles. The van der Waals surface area contributed by atoms with E-state index in [1.54, 1.807) is 30.3 Å². The molecule has 1 aliphatic rings. The first kappa shape index (κ1) is 15.3. The first-order chi connectivity index (χ1) is 9.52. The summed E-state index contributed by atoms with van der Waals surface area (Å²) in [6.45, 7) is 1.04. The average molecular weight is 288 g/mol. The van der Waals surface area contributed by atoms with Crippen LogP contribution in [0.25, 0.3) is 0 Å². The minimum absolute atomic E-state index is 0.00596. The molecule has 3 nitrogen and oxygen atoms in total. The van der Waals surface area contributed by atoms with E-state index >= 15 is 0 Å². The fraction of sp³-hybridized carbons (Fsp3) is 0.571. The fourth-order valence-corrected chi connectivity index (χ4v) is 2.52. The Hall–Kier alpha value is -1.11. The number of hydrazine groups is 1. The van der Waals surface area contributed by atoms with Crippen molar-refractivity contribution in [3.8, 4) is 0 Å². The van der Waals surface area contributed by atoms with Crippen LogP contribution >= 0.6 is 0 Å². The fourth-order valence-electron chi connectivity index (χ4n) is 2.52. The number of benzene rings is 1. The largest absolute Gasteiger partial charge is 0.409 e. The molecular weight excluding hydrogens is 269 g/mol. The number of hydrogen-bond donors (Lipinski definition) is 1. The van der Waals surface area contributed by atoms with Gasteiger partial charge in [0.2, 0.25) is 0 Å². The second-order valence-electron chi connectivity index (χ2n) is 4.96. The summed E-state index contributed by atoms with van der Waals surface area (Å²) in [4.78, 5) is 0. The van der Waals surface area contributed by atoms with Gasteiger partial charge in [-0.2, -0.15) is 13.2 Å². The second kappa shape index (κ2) is 6.56. The number of rotatable bonds is 5. The van der Waals surface area contributed by atoms with E-state index in [0.717, 1.165) is 12.8 Å². The molecule has 1 fully saturated rings. The quantitative estimate of drug-likeness (QED) is 0.901. The van der Waals surface area contributed by atoms with Crippen LogP contribution in [0.5, 0.6) is 0 Å². The summed E-state index contributed by atoms with van der Waals surface area (Å²) in [6.07, 6.45) is -2.61. The van der Waals surface area contributed by atoms with Gasteiger partial charge < -0.3 is 4.74 Å². The van der Waals surface area contributed by atoms with Crippen LogP contribution in [0.2, 0.25) is 0 Å². The molecule has 0 aromatic heterocycles. The van der Waals surface area contributed by atoms with E-state index in [0.29, 0.717) is 13.2 Å². The van der Waals surface area contributed by atoms with Gasteiger partial charge in [-0.1, -0.05) is 30.3 Å². The van der Waals surface area contributed by atoms with Gasteiger partial charge in [-0.15, -0.1) is 0 Å². The van der Waals surface area contributed by atoms with Crippen molar-refractivity contribution in [2.24, 2.45) is 0 Å². The summed E-state index contributed by atoms with van der Waals surface area (Å²) in [5.41, 5.74) is 2.86. The third-order valence-electron chi connectivity index (χ3n) is 3.49. The lowest BCUT2D eigenvalue weighted by Crippen LogP contribution is -2.49. The highest BCUT2D eigenvalue weighted by Gasteiger charge is 2.43. The van der Waals surface area contributed by atoms with Crippen LogP contribution < -0.4 is 5.43 Å². The van der Waals surface area contributed by atoms with E-state index in [2.05, 4.69) is 5.43 Å². The van der Waals surface area contributed by atoms with Gasteiger partial charge in [0.25, 0.3) is 0 Å². The molecule has 0 amide bonds. The normalized spacial score (nSPS) is 22.1. The Morgan fingerprint density at radius 3 is 2.65 bits per heavy atom. The minimum Gasteiger partial charge on any atom is -0.383 e. The Morgan fingerprint density at radius 2 is 2.05 bits per heavy atom. The molecule has 20 heavy (non-hydrogen) atoms. The van der Waals surface area contributed by atoms with Gasteiger partial charge in [0, 0.05) is 19.7 Å². The van der Waals surface area contributed by atoms with Gasteiger partial charge in [-0.3, -0.25) is 0 Å². The molecule has 112 valence electrons. The lowest BCUT2D eigenvalue weighted by atomic mass is 10.1. The average Bonchev–Trinajstić information content (AvgIpc) is 2.83. The maximum Gasteiger partial charge on any atom is 0.409 e. The number of alkyl halides is 3. The summed E-state index contributed by atoms with van der Waals surface area (Å²) in [5, 5.41) is 1.66. The summed E-state index contributed by atoms with van der Waals surface area (Å²) in [5.74, 6) is 0. The smallest absolute Gasteiger partial charge is 0.383 e. The monoisotopic (exact) mass is 288 g/mol. The van der Waals surface area contributed by atoms with Crippen LogP contribution in [0.4, 0.5) is 13.2 Å². The zero-order valence-electron chi connectivity index (χ0n) is 11.4. The summed E-state index contributed by atoms with van der Waals surface area (Å²) in [6, 6.07) is 6.24. The van der Waals surface area contributed by atoms with E-state index in [1.165, 1.54) is 12.1 Å². The van der Waals surface area contributed by atoms with Gasteiger partial charge in [-0.05, 0) is 18.4 Å². The molecule has 1 aromatic rings. The SMILES string of the molecule is COC[C@@H]1CCCN1N[C@H](c1ccccc1)C(F)(F)F. The first-order valence-electron chi connectivity index (χ1n) is 6.66. The first-order valence-corrected chi connectivity index (χ1v) is 6.66. The molecule has 1 aliphatic heterocycles. The van der Waals surface area contributed by atoms with Crippen LogP contribution in [0.15, 0.2) is 30.3 Å². The van der Waals surface area contributed by atoms with E-state index < -0.39 is 12.2 Å². The molecule has 1 N–H and O–H groups in total. The molecule has 2 atom stereocenters. The maximum atomic E-state index is 13.3. The predicted molar refractivity (Wildman–Crippen MR) is 70.0 cm³/mol. The molecular formula is C14H19F3N2O. The standard InChI is InChI=1S/C14H19F3N2O/c1-20-10-12-8-5-9-19(12)18-13(14(15,16)17)11-6-3-2-4-7-11/h2-4,6-7,12-13,18H,5,8-10H2,1H3/t12-,13+/m0/s1. The zero-order valence-corrected chi connectivity index (χ0v) is 11.4. The molecule has 0 aliphatic carbocycles. The number of methoxy groups -OCH3 is 1. The van der Waals surface area contributed by atoms with Gasteiger partial charge >= 0.3 is 6.18 Å². The molecule has 0 bridgehead atoms. The Morgan fingerprint density at radius 1 is 1.35 bits per heavy atom. The molecule has 6 heteroatoms. The van der Waals surface area contributed by atoms with Crippen molar-refractivity contribution in [1.82, 2.24) is 10.4 Å². The van der Waals surface area contributed by atoms with Gasteiger partial charge in [0.1, 0.15) is 6.04 Å². The highest BCUT2D eigenvalue weighted by Crippen LogP contribution is 2.33. The number of ether oxygens (including phenoxy) is 1. The van der Waals surface area contributed by atoms with Gasteiger partial charge in [0.05, 0.1) is 6.61 Å². The topological polar surface area (TPSA) is 24.5 Å². The molecule has 1 saturated heterocycles. The van der Waals surface area contributed by atoms with Crippen LogP contribution in [0.1, 0.15) is 24.4 Å². The molecule has 0 spiro atoms. The molecule has 1 aromatic carbocycles. The second-order valence-corrected chi connectivity index (χ2v) is 4.96. The van der Waals surface area contributed by atoms with Crippen LogP contribution in [0.3, 0.4) is 0 Å². The minimum atomic E-state index is -4.33. The molecule has 0 radical (unpaired) electrons. The maximum absolute atomic E-state index is 13.3. The van der Waals surface area contributed by atoms with Crippen molar-refractivity contribution < 1.29 is 17.9 Å².